The van der Waals surface area contributed by atoms with E-state index in [9.17, 15) is 4.79 Å². The molecule has 2 aromatic carbocycles. The van der Waals surface area contributed by atoms with Crippen LogP contribution < -0.4 is 5.32 Å². The molecule has 1 atom stereocenters. The van der Waals surface area contributed by atoms with Crippen molar-refractivity contribution in [3.63, 3.8) is 0 Å². The highest BCUT2D eigenvalue weighted by Gasteiger charge is 2.31. The second-order valence-electron chi connectivity index (χ2n) is 5.58. The van der Waals surface area contributed by atoms with E-state index < -0.39 is 0 Å². The molecule has 0 radical (unpaired) electrons. The van der Waals surface area contributed by atoms with Gasteiger partial charge in [-0.25, -0.2) is 0 Å². The molecule has 1 amide bonds. The smallest absolute Gasteiger partial charge is 0.252 e. The van der Waals surface area contributed by atoms with Crippen molar-refractivity contribution in [2.75, 3.05) is 5.32 Å². The molecule has 2 nitrogen and oxygen atoms in total. The number of amides is 1. The molecule has 3 heteroatoms. The topological polar surface area (TPSA) is 29.1 Å². The van der Waals surface area contributed by atoms with Crippen molar-refractivity contribution in [2.45, 2.75) is 18.8 Å². The van der Waals surface area contributed by atoms with Gasteiger partial charge in [0, 0.05) is 22.2 Å². The van der Waals surface area contributed by atoms with Crippen LogP contribution in [-0.4, -0.2) is 5.91 Å². The van der Waals surface area contributed by atoms with Crippen LogP contribution in [0.15, 0.2) is 48.0 Å². The molecule has 1 N–H and O–H groups in total. The zero-order chi connectivity index (χ0) is 14.4. The molecule has 1 unspecified atom stereocenters. The molecule has 0 aromatic heterocycles. The molecule has 1 aliphatic carbocycles. The van der Waals surface area contributed by atoms with Crippen LogP contribution in [0, 0.1) is 0 Å². The van der Waals surface area contributed by atoms with E-state index in [4.69, 9.17) is 11.6 Å². The third-order valence-corrected chi connectivity index (χ3v) is 4.58. The van der Waals surface area contributed by atoms with Crippen molar-refractivity contribution < 1.29 is 4.79 Å². The minimum atomic E-state index is 0.00604. The zero-order valence-corrected chi connectivity index (χ0v) is 12.2. The lowest BCUT2D eigenvalue weighted by atomic mass is 9.83. The molecular weight excluding hydrogens is 282 g/mol. The molecule has 21 heavy (non-hydrogen) atoms. The molecule has 0 saturated heterocycles. The lowest BCUT2D eigenvalue weighted by Gasteiger charge is -2.27. The summed E-state index contributed by atoms with van der Waals surface area (Å²) in [6.45, 7) is 0. The van der Waals surface area contributed by atoms with E-state index in [1.807, 2.05) is 36.4 Å². The van der Waals surface area contributed by atoms with Crippen molar-refractivity contribution in [2.24, 2.45) is 0 Å². The van der Waals surface area contributed by atoms with E-state index in [-0.39, 0.29) is 11.8 Å². The second-order valence-corrected chi connectivity index (χ2v) is 6.01. The summed E-state index contributed by atoms with van der Waals surface area (Å²) in [4.78, 5) is 12.4. The van der Waals surface area contributed by atoms with Crippen LogP contribution in [0.5, 0.6) is 0 Å². The number of anilines is 1. The summed E-state index contributed by atoms with van der Waals surface area (Å²) in [6.07, 6.45) is 3.91. The quantitative estimate of drug-likeness (QED) is 0.766. The number of carbonyl (C=O) groups excluding carboxylic acids is 1. The van der Waals surface area contributed by atoms with Gasteiger partial charge in [0.25, 0.3) is 5.91 Å². The Balaban J connectivity index is 1.88. The van der Waals surface area contributed by atoms with Gasteiger partial charge in [-0.1, -0.05) is 35.9 Å². The Morgan fingerprint density at radius 3 is 2.90 bits per heavy atom. The highest BCUT2D eigenvalue weighted by atomic mass is 35.5. The fraction of sp³-hybridized carbons (Fsp3) is 0.167. The fourth-order valence-corrected chi connectivity index (χ4v) is 3.49. The maximum Gasteiger partial charge on any atom is 0.252 e. The van der Waals surface area contributed by atoms with Crippen LogP contribution in [0.25, 0.3) is 6.08 Å². The van der Waals surface area contributed by atoms with Crippen LogP contribution >= 0.6 is 11.6 Å². The molecule has 0 fully saturated rings. The van der Waals surface area contributed by atoms with Crippen molar-refractivity contribution >= 4 is 29.3 Å². The Bertz CT molecular complexity index is 779. The molecule has 2 aliphatic rings. The normalized spacial score (nSPS) is 19.6. The van der Waals surface area contributed by atoms with E-state index in [1.165, 1.54) is 11.1 Å². The van der Waals surface area contributed by atoms with Crippen molar-refractivity contribution in [1.29, 1.82) is 0 Å². The number of carbonyl (C=O) groups is 1. The monoisotopic (exact) mass is 295 g/mol. The fourth-order valence-electron chi connectivity index (χ4n) is 3.31. The van der Waals surface area contributed by atoms with Gasteiger partial charge >= 0.3 is 0 Å². The summed E-state index contributed by atoms with van der Waals surface area (Å²) in [5.74, 6) is 0.174. The maximum atomic E-state index is 12.4. The van der Waals surface area contributed by atoms with Gasteiger partial charge in [-0.2, -0.15) is 0 Å². The number of benzene rings is 2. The molecule has 104 valence electrons. The molecule has 1 aliphatic heterocycles. The van der Waals surface area contributed by atoms with E-state index in [0.29, 0.717) is 5.02 Å². The summed E-state index contributed by atoms with van der Waals surface area (Å²) < 4.78 is 0. The highest BCUT2D eigenvalue weighted by molar-refractivity contribution is 6.30. The van der Waals surface area contributed by atoms with Gasteiger partial charge in [0.1, 0.15) is 0 Å². The first-order valence-electron chi connectivity index (χ1n) is 7.12. The highest BCUT2D eigenvalue weighted by Crippen LogP contribution is 2.41. The lowest BCUT2D eigenvalue weighted by Crippen LogP contribution is -2.25. The van der Waals surface area contributed by atoms with E-state index in [0.717, 1.165) is 29.7 Å². The third kappa shape index (κ3) is 2.07. The number of nitrogens with one attached hydrogen (secondary N) is 1. The van der Waals surface area contributed by atoms with Gasteiger partial charge in [-0.15, -0.1) is 0 Å². The minimum Gasteiger partial charge on any atom is -0.322 e. The van der Waals surface area contributed by atoms with Crippen molar-refractivity contribution in [1.82, 2.24) is 0 Å². The Hall–Kier alpha value is -2.06. The van der Waals surface area contributed by atoms with Gasteiger partial charge in [-0.3, -0.25) is 4.79 Å². The zero-order valence-electron chi connectivity index (χ0n) is 11.4. The number of aryl methyl sites for hydroxylation is 1. The molecular formula is C18H14ClNO. The van der Waals surface area contributed by atoms with E-state index in [1.54, 1.807) is 0 Å². The molecule has 0 saturated carbocycles. The van der Waals surface area contributed by atoms with Crippen LogP contribution in [-0.2, 0) is 11.2 Å². The van der Waals surface area contributed by atoms with E-state index >= 15 is 0 Å². The first kappa shape index (κ1) is 12.7. The van der Waals surface area contributed by atoms with Gasteiger partial charge in [0.05, 0.1) is 0 Å². The van der Waals surface area contributed by atoms with Crippen LogP contribution in [0.2, 0.25) is 5.02 Å². The lowest BCUT2D eigenvalue weighted by molar-refractivity contribution is -0.113. The SMILES string of the molecule is O=C1Nc2ccccc2C2CCc3ccc(Cl)cc3C=C12. The Kier molecular flexibility index (Phi) is 2.86. The first-order valence-corrected chi connectivity index (χ1v) is 7.50. The summed E-state index contributed by atoms with van der Waals surface area (Å²) in [6, 6.07) is 14.0. The predicted octanol–water partition coefficient (Wildman–Crippen LogP) is 4.41. The van der Waals surface area contributed by atoms with Crippen molar-refractivity contribution in [3.05, 3.63) is 69.8 Å². The third-order valence-electron chi connectivity index (χ3n) is 4.34. The molecule has 1 heterocycles. The molecule has 0 spiro atoms. The maximum absolute atomic E-state index is 12.4. The van der Waals surface area contributed by atoms with Crippen molar-refractivity contribution in [3.8, 4) is 0 Å². The molecule has 2 aromatic rings. The summed E-state index contributed by atoms with van der Waals surface area (Å²) in [5, 5.41) is 3.70. The number of fused-ring (bicyclic) bond motifs is 4. The first-order chi connectivity index (χ1) is 10.2. The molecule has 0 bridgehead atoms. The predicted molar refractivity (Wildman–Crippen MR) is 85.6 cm³/mol. The standard InChI is InChI=1S/C18H14ClNO/c19-13-7-5-11-6-8-14-15-3-1-2-4-17(15)20-18(21)16(14)10-12(11)9-13/h1-5,7,9-10,14H,6,8H2,(H,20,21). The van der Waals surface area contributed by atoms with Gasteiger partial charge in [0.15, 0.2) is 0 Å². The van der Waals surface area contributed by atoms with Crippen LogP contribution in [0.1, 0.15) is 29.0 Å². The number of halogens is 1. The largest absolute Gasteiger partial charge is 0.322 e. The molecule has 4 rings (SSSR count). The average Bonchev–Trinajstić information content (AvgIpc) is 2.67. The number of hydrogen-bond donors (Lipinski definition) is 1. The van der Waals surface area contributed by atoms with E-state index in [2.05, 4.69) is 17.4 Å². The number of rotatable bonds is 0. The van der Waals surface area contributed by atoms with Gasteiger partial charge in [-0.05, 0) is 53.8 Å². The van der Waals surface area contributed by atoms with Gasteiger partial charge in [0.2, 0.25) is 0 Å². The summed E-state index contributed by atoms with van der Waals surface area (Å²) in [7, 11) is 0. The van der Waals surface area contributed by atoms with Crippen LogP contribution in [0.3, 0.4) is 0 Å². The Labute approximate surface area is 128 Å². The Morgan fingerprint density at radius 1 is 1.14 bits per heavy atom. The minimum absolute atomic E-state index is 0.00604. The summed E-state index contributed by atoms with van der Waals surface area (Å²) >= 11 is 6.09. The second kappa shape index (κ2) is 4.74. The van der Waals surface area contributed by atoms with Gasteiger partial charge < -0.3 is 5.32 Å². The average molecular weight is 296 g/mol. The Morgan fingerprint density at radius 2 is 2.00 bits per heavy atom. The summed E-state index contributed by atoms with van der Waals surface area (Å²) in [5.41, 5.74) is 5.31. The number of hydrogen-bond acceptors (Lipinski definition) is 1. The number of para-hydroxylation sites is 1. The van der Waals surface area contributed by atoms with Crippen LogP contribution in [0.4, 0.5) is 5.69 Å².